The van der Waals surface area contributed by atoms with Gasteiger partial charge in [-0.05, 0) is 42.7 Å². The summed E-state index contributed by atoms with van der Waals surface area (Å²) in [5, 5.41) is 3.00. The molecule has 2 fully saturated rings. The third-order valence-electron chi connectivity index (χ3n) is 5.88. The second-order valence-electron chi connectivity index (χ2n) is 7.72. The van der Waals surface area contributed by atoms with Gasteiger partial charge in [0.25, 0.3) is 0 Å². The zero-order valence-electron chi connectivity index (χ0n) is 15.9. The SMILES string of the molecule is O=C(Cc1ccccc1)Nc1ccc(N2CCN(C3CCCC3)CC2)cc1. The van der Waals surface area contributed by atoms with Crippen molar-refractivity contribution in [3.8, 4) is 0 Å². The number of nitrogens with zero attached hydrogens (tertiary/aromatic N) is 2. The summed E-state index contributed by atoms with van der Waals surface area (Å²) in [6, 6.07) is 19.0. The topological polar surface area (TPSA) is 35.6 Å². The minimum absolute atomic E-state index is 0.0270. The van der Waals surface area contributed by atoms with E-state index in [2.05, 4.69) is 27.2 Å². The lowest BCUT2D eigenvalue weighted by Crippen LogP contribution is -2.49. The fourth-order valence-corrected chi connectivity index (χ4v) is 4.36. The molecule has 1 N–H and O–H groups in total. The lowest BCUT2D eigenvalue weighted by Gasteiger charge is -2.39. The van der Waals surface area contributed by atoms with Crippen LogP contribution in [0.3, 0.4) is 0 Å². The number of hydrogen-bond acceptors (Lipinski definition) is 3. The molecule has 2 aromatic rings. The molecule has 0 atom stereocenters. The predicted octanol–water partition coefficient (Wildman–Crippen LogP) is 3.93. The van der Waals surface area contributed by atoms with Gasteiger partial charge in [0.05, 0.1) is 6.42 Å². The van der Waals surface area contributed by atoms with Gasteiger partial charge in [0.1, 0.15) is 0 Å². The Bertz CT molecular complexity index is 730. The number of amides is 1. The van der Waals surface area contributed by atoms with Crippen LogP contribution in [0.1, 0.15) is 31.2 Å². The molecule has 1 heterocycles. The lowest BCUT2D eigenvalue weighted by molar-refractivity contribution is -0.115. The van der Waals surface area contributed by atoms with Crippen LogP contribution >= 0.6 is 0 Å². The fraction of sp³-hybridized carbons (Fsp3) is 0.435. The van der Waals surface area contributed by atoms with E-state index in [1.54, 1.807) is 0 Å². The Morgan fingerprint density at radius 3 is 2.22 bits per heavy atom. The number of carbonyl (C=O) groups excluding carboxylic acids is 1. The summed E-state index contributed by atoms with van der Waals surface area (Å²) in [4.78, 5) is 17.3. The zero-order valence-corrected chi connectivity index (χ0v) is 15.9. The molecule has 2 aliphatic rings. The van der Waals surface area contributed by atoms with E-state index in [9.17, 15) is 4.79 Å². The van der Waals surface area contributed by atoms with E-state index in [1.165, 1.54) is 44.5 Å². The van der Waals surface area contributed by atoms with Gasteiger partial charge in [-0.15, -0.1) is 0 Å². The first-order valence-corrected chi connectivity index (χ1v) is 10.2. The molecule has 0 aromatic heterocycles. The van der Waals surface area contributed by atoms with Gasteiger partial charge >= 0.3 is 0 Å². The van der Waals surface area contributed by atoms with Gasteiger partial charge in [0, 0.05) is 43.6 Å². The average Bonchev–Trinajstić information content (AvgIpc) is 3.24. The average molecular weight is 364 g/mol. The number of benzene rings is 2. The largest absolute Gasteiger partial charge is 0.369 e. The maximum Gasteiger partial charge on any atom is 0.228 e. The third kappa shape index (κ3) is 4.69. The van der Waals surface area contributed by atoms with E-state index in [0.29, 0.717) is 6.42 Å². The van der Waals surface area contributed by atoms with Crippen LogP contribution in [-0.2, 0) is 11.2 Å². The highest BCUT2D eigenvalue weighted by Crippen LogP contribution is 2.26. The maximum atomic E-state index is 12.2. The molecule has 2 aromatic carbocycles. The first-order chi connectivity index (χ1) is 13.3. The molecule has 1 amide bonds. The molecule has 4 rings (SSSR count). The number of anilines is 2. The Kier molecular flexibility index (Phi) is 5.73. The summed E-state index contributed by atoms with van der Waals surface area (Å²) in [5.41, 5.74) is 3.15. The van der Waals surface area contributed by atoms with Gasteiger partial charge in [-0.25, -0.2) is 0 Å². The quantitative estimate of drug-likeness (QED) is 0.874. The van der Waals surface area contributed by atoms with Gasteiger partial charge in [-0.2, -0.15) is 0 Å². The van der Waals surface area contributed by atoms with Crippen molar-refractivity contribution in [2.45, 2.75) is 38.1 Å². The molecule has 0 spiro atoms. The number of hydrogen-bond donors (Lipinski definition) is 1. The van der Waals surface area contributed by atoms with Crippen molar-refractivity contribution < 1.29 is 4.79 Å². The van der Waals surface area contributed by atoms with Gasteiger partial charge in [-0.1, -0.05) is 43.2 Å². The van der Waals surface area contributed by atoms with Crippen LogP contribution < -0.4 is 10.2 Å². The van der Waals surface area contributed by atoms with Gasteiger partial charge in [0.2, 0.25) is 5.91 Å². The molecule has 0 radical (unpaired) electrons. The summed E-state index contributed by atoms with van der Waals surface area (Å²) in [7, 11) is 0. The molecule has 4 nitrogen and oxygen atoms in total. The Labute approximate surface area is 162 Å². The fourth-order valence-electron chi connectivity index (χ4n) is 4.36. The van der Waals surface area contributed by atoms with Crippen LogP contribution in [-0.4, -0.2) is 43.0 Å². The molecule has 0 bridgehead atoms. The summed E-state index contributed by atoms with van der Waals surface area (Å²) in [6.45, 7) is 4.52. The third-order valence-corrected chi connectivity index (χ3v) is 5.88. The normalized spacial score (nSPS) is 18.6. The maximum absolute atomic E-state index is 12.2. The molecule has 1 saturated carbocycles. The summed E-state index contributed by atoms with van der Waals surface area (Å²) < 4.78 is 0. The molecule has 1 aliphatic heterocycles. The summed E-state index contributed by atoms with van der Waals surface area (Å²) >= 11 is 0. The van der Waals surface area contributed by atoms with Crippen molar-refractivity contribution in [2.24, 2.45) is 0 Å². The molecular weight excluding hydrogens is 334 g/mol. The molecule has 142 valence electrons. The molecule has 0 unspecified atom stereocenters. The highest BCUT2D eigenvalue weighted by Gasteiger charge is 2.26. The monoisotopic (exact) mass is 363 g/mol. The van der Waals surface area contributed by atoms with Crippen molar-refractivity contribution in [3.63, 3.8) is 0 Å². The highest BCUT2D eigenvalue weighted by molar-refractivity contribution is 5.92. The lowest BCUT2D eigenvalue weighted by atomic mass is 10.1. The Hall–Kier alpha value is -2.33. The van der Waals surface area contributed by atoms with Crippen molar-refractivity contribution in [1.29, 1.82) is 0 Å². The Morgan fingerprint density at radius 1 is 0.889 bits per heavy atom. The van der Waals surface area contributed by atoms with E-state index < -0.39 is 0 Å². The summed E-state index contributed by atoms with van der Waals surface area (Å²) in [5.74, 6) is 0.0270. The van der Waals surface area contributed by atoms with Crippen molar-refractivity contribution in [2.75, 3.05) is 36.4 Å². The van der Waals surface area contributed by atoms with Crippen LogP contribution in [0, 0.1) is 0 Å². The second-order valence-corrected chi connectivity index (χ2v) is 7.72. The highest BCUT2D eigenvalue weighted by atomic mass is 16.1. The van der Waals surface area contributed by atoms with E-state index in [0.717, 1.165) is 30.4 Å². The number of piperazine rings is 1. The molecule has 1 saturated heterocycles. The number of nitrogens with one attached hydrogen (secondary N) is 1. The zero-order chi connectivity index (χ0) is 18.5. The minimum atomic E-state index is 0.0270. The predicted molar refractivity (Wildman–Crippen MR) is 111 cm³/mol. The first-order valence-electron chi connectivity index (χ1n) is 10.2. The Morgan fingerprint density at radius 2 is 1.56 bits per heavy atom. The van der Waals surface area contributed by atoms with Gasteiger partial charge < -0.3 is 10.2 Å². The van der Waals surface area contributed by atoms with Crippen molar-refractivity contribution in [1.82, 2.24) is 4.90 Å². The summed E-state index contributed by atoms with van der Waals surface area (Å²) in [6.07, 6.45) is 5.99. The number of carbonyl (C=O) groups is 1. The molecular formula is C23H29N3O. The van der Waals surface area contributed by atoms with Crippen LogP contribution in [0.5, 0.6) is 0 Å². The standard InChI is InChI=1S/C23H29N3O/c27-23(18-19-6-2-1-3-7-19)24-20-10-12-22(13-11-20)26-16-14-25(15-17-26)21-8-4-5-9-21/h1-3,6-7,10-13,21H,4-5,8-9,14-18H2,(H,24,27). The number of rotatable bonds is 5. The van der Waals surface area contributed by atoms with Crippen molar-refractivity contribution >= 4 is 17.3 Å². The van der Waals surface area contributed by atoms with Crippen LogP contribution in [0.2, 0.25) is 0 Å². The van der Waals surface area contributed by atoms with Crippen LogP contribution in [0.4, 0.5) is 11.4 Å². The molecule has 4 heteroatoms. The van der Waals surface area contributed by atoms with Gasteiger partial charge in [-0.3, -0.25) is 9.69 Å². The van der Waals surface area contributed by atoms with E-state index in [1.807, 2.05) is 42.5 Å². The van der Waals surface area contributed by atoms with Crippen LogP contribution in [0.25, 0.3) is 0 Å². The van der Waals surface area contributed by atoms with E-state index in [-0.39, 0.29) is 5.91 Å². The smallest absolute Gasteiger partial charge is 0.228 e. The Balaban J connectivity index is 1.28. The minimum Gasteiger partial charge on any atom is -0.369 e. The van der Waals surface area contributed by atoms with Crippen molar-refractivity contribution in [3.05, 3.63) is 60.2 Å². The molecule has 27 heavy (non-hydrogen) atoms. The van der Waals surface area contributed by atoms with Gasteiger partial charge in [0.15, 0.2) is 0 Å². The van der Waals surface area contributed by atoms with E-state index in [4.69, 9.17) is 0 Å². The van der Waals surface area contributed by atoms with E-state index >= 15 is 0 Å². The molecule has 1 aliphatic carbocycles. The van der Waals surface area contributed by atoms with Crippen LogP contribution in [0.15, 0.2) is 54.6 Å². The first kappa shape index (κ1) is 18.1. The second kappa shape index (κ2) is 8.57.